The molecule has 0 radical (unpaired) electrons. The van der Waals surface area contributed by atoms with Crippen LogP contribution >= 0.6 is 0 Å². The highest BCUT2D eigenvalue weighted by molar-refractivity contribution is 5.01. The molecule has 1 fully saturated rings. The zero-order chi connectivity index (χ0) is 10.9. The van der Waals surface area contributed by atoms with Crippen LogP contribution in [0.15, 0.2) is 9.32 Å². The second kappa shape index (κ2) is 3.81. The third-order valence-electron chi connectivity index (χ3n) is 3.51. The van der Waals surface area contributed by atoms with Crippen molar-refractivity contribution in [3.05, 3.63) is 16.4 Å². The molecule has 5 nitrogen and oxygen atoms in total. The van der Waals surface area contributed by atoms with E-state index in [2.05, 4.69) is 21.6 Å². The van der Waals surface area contributed by atoms with Crippen molar-refractivity contribution in [1.82, 2.24) is 10.1 Å². The summed E-state index contributed by atoms with van der Waals surface area (Å²) in [7, 11) is 0. The Morgan fingerprint density at radius 2 is 2.40 bits per heavy atom. The maximum absolute atomic E-state index is 10.8. The van der Waals surface area contributed by atoms with Gasteiger partial charge in [0.1, 0.15) is 0 Å². The molecule has 3 N–H and O–H groups in total. The van der Waals surface area contributed by atoms with Crippen LogP contribution in [0.25, 0.3) is 0 Å². The summed E-state index contributed by atoms with van der Waals surface area (Å²) in [6.45, 7) is 2.70. The van der Waals surface area contributed by atoms with Gasteiger partial charge in [-0.15, -0.1) is 0 Å². The molecule has 1 aromatic rings. The van der Waals surface area contributed by atoms with Crippen LogP contribution in [0.1, 0.15) is 44.3 Å². The minimum atomic E-state index is -0.496. The molecule has 2 rings (SSSR count). The van der Waals surface area contributed by atoms with Crippen molar-refractivity contribution in [2.45, 2.75) is 38.5 Å². The Labute approximate surface area is 88.0 Å². The fourth-order valence-electron chi connectivity index (χ4n) is 2.11. The molecule has 1 aliphatic carbocycles. The van der Waals surface area contributed by atoms with E-state index in [9.17, 15) is 4.79 Å². The number of hydrogen-bond donors (Lipinski definition) is 2. The summed E-state index contributed by atoms with van der Waals surface area (Å²) in [6.07, 6.45) is 4.71. The van der Waals surface area contributed by atoms with Crippen LogP contribution in [-0.2, 0) is 0 Å². The van der Waals surface area contributed by atoms with Gasteiger partial charge in [0.15, 0.2) is 5.82 Å². The molecular weight excluding hydrogens is 194 g/mol. The maximum atomic E-state index is 10.8. The summed E-state index contributed by atoms with van der Waals surface area (Å²) in [4.78, 5) is 13.4. The first-order chi connectivity index (χ1) is 7.19. The van der Waals surface area contributed by atoms with E-state index < -0.39 is 5.76 Å². The molecule has 0 aromatic carbocycles. The smallest absolute Gasteiger partial charge is 0.330 e. The lowest BCUT2D eigenvalue weighted by Crippen LogP contribution is -2.18. The second-order valence-electron chi connectivity index (χ2n) is 4.47. The van der Waals surface area contributed by atoms with E-state index >= 15 is 0 Å². The monoisotopic (exact) mass is 211 g/mol. The number of rotatable bonds is 5. The van der Waals surface area contributed by atoms with Crippen molar-refractivity contribution >= 4 is 0 Å². The predicted molar refractivity (Wildman–Crippen MR) is 55.5 cm³/mol. The van der Waals surface area contributed by atoms with Gasteiger partial charge in [-0.3, -0.25) is 9.51 Å². The third kappa shape index (κ3) is 2.12. The van der Waals surface area contributed by atoms with Crippen LogP contribution in [0.3, 0.4) is 0 Å². The topological polar surface area (TPSA) is 84.9 Å². The lowest BCUT2D eigenvalue weighted by molar-refractivity contribution is 0.358. The minimum Gasteiger partial charge on any atom is -0.330 e. The predicted octanol–water partition coefficient (Wildman–Crippen LogP) is 0.985. The summed E-state index contributed by atoms with van der Waals surface area (Å²) >= 11 is 0. The van der Waals surface area contributed by atoms with Crippen molar-refractivity contribution in [3.8, 4) is 0 Å². The van der Waals surface area contributed by atoms with Crippen molar-refractivity contribution in [2.24, 2.45) is 11.1 Å². The van der Waals surface area contributed by atoms with Gasteiger partial charge in [0.05, 0.1) is 0 Å². The first-order valence-corrected chi connectivity index (χ1v) is 5.45. The van der Waals surface area contributed by atoms with Crippen LogP contribution in [-0.4, -0.2) is 16.7 Å². The van der Waals surface area contributed by atoms with Crippen LogP contribution in [0, 0.1) is 5.41 Å². The fraction of sp³-hybridized carbons (Fsp3) is 0.800. The van der Waals surface area contributed by atoms with Gasteiger partial charge in [-0.1, -0.05) is 18.5 Å². The molecule has 0 saturated heterocycles. The van der Waals surface area contributed by atoms with Crippen LogP contribution in [0.5, 0.6) is 0 Å². The SMILES string of the molecule is CCC1(CC(CN)c2noc(=O)[nH]2)CC1. The molecule has 0 spiro atoms. The maximum Gasteiger partial charge on any atom is 0.438 e. The Morgan fingerprint density at radius 1 is 1.67 bits per heavy atom. The molecule has 15 heavy (non-hydrogen) atoms. The summed E-state index contributed by atoms with van der Waals surface area (Å²) in [6, 6.07) is 0. The summed E-state index contributed by atoms with van der Waals surface area (Å²) < 4.78 is 4.50. The van der Waals surface area contributed by atoms with Gasteiger partial charge in [-0.2, -0.15) is 0 Å². The van der Waals surface area contributed by atoms with Gasteiger partial charge in [0.2, 0.25) is 0 Å². The Balaban J connectivity index is 2.07. The highest BCUT2D eigenvalue weighted by atomic mass is 16.5. The zero-order valence-electron chi connectivity index (χ0n) is 8.95. The van der Waals surface area contributed by atoms with Crippen LogP contribution in [0.4, 0.5) is 0 Å². The Hall–Kier alpha value is -1.10. The Kier molecular flexibility index (Phi) is 2.65. The number of aromatic amines is 1. The quantitative estimate of drug-likeness (QED) is 0.760. The molecule has 1 atom stereocenters. The molecule has 5 heteroatoms. The zero-order valence-corrected chi connectivity index (χ0v) is 8.95. The molecule has 84 valence electrons. The van der Waals surface area contributed by atoms with Gasteiger partial charge >= 0.3 is 5.76 Å². The molecule has 1 heterocycles. The van der Waals surface area contributed by atoms with Crippen molar-refractivity contribution in [3.63, 3.8) is 0 Å². The van der Waals surface area contributed by atoms with E-state index in [-0.39, 0.29) is 5.92 Å². The highest BCUT2D eigenvalue weighted by Gasteiger charge is 2.42. The van der Waals surface area contributed by atoms with E-state index in [4.69, 9.17) is 5.73 Å². The number of aromatic nitrogens is 2. The number of hydrogen-bond acceptors (Lipinski definition) is 4. The standard InChI is InChI=1S/C10H17N3O2/c1-2-10(3-4-10)5-7(6-11)8-12-9(14)15-13-8/h7H,2-6,11H2,1H3,(H,12,13,14). The Morgan fingerprint density at radius 3 is 2.80 bits per heavy atom. The van der Waals surface area contributed by atoms with E-state index in [1.807, 2.05) is 0 Å². The highest BCUT2D eigenvalue weighted by Crippen LogP contribution is 2.54. The van der Waals surface area contributed by atoms with Gasteiger partial charge in [-0.25, -0.2) is 4.79 Å². The lowest BCUT2D eigenvalue weighted by Gasteiger charge is -2.18. The van der Waals surface area contributed by atoms with Gasteiger partial charge < -0.3 is 5.73 Å². The average molecular weight is 211 g/mol. The Bertz CT molecular complexity index is 378. The molecule has 1 saturated carbocycles. The second-order valence-corrected chi connectivity index (χ2v) is 4.47. The first-order valence-electron chi connectivity index (χ1n) is 5.45. The fourth-order valence-corrected chi connectivity index (χ4v) is 2.11. The summed E-state index contributed by atoms with van der Waals surface area (Å²) in [5, 5.41) is 3.71. The van der Waals surface area contributed by atoms with Crippen molar-refractivity contribution < 1.29 is 4.52 Å². The van der Waals surface area contributed by atoms with E-state index in [1.54, 1.807) is 0 Å². The molecule has 0 bridgehead atoms. The minimum absolute atomic E-state index is 0.124. The molecule has 0 amide bonds. The van der Waals surface area contributed by atoms with Gasteiger partial charge in [0.25, 0.3) is 0 Å². The molecular formula is C10H17N3O2. The molecule has 1 aliphatic rings. The third-order valence-corrected chi connectivity index (χ3v) is 3.51. The van der Waals surface area contributed by atoms with Gasteiger partial charge in [0, 0.05) is 12.5 Å². The van der Waals surface area contributed by atoms with E-state index in [0.29, 0.717) is 17.8 Å². The van der Waals surface area contributed by atoms with Crippen molar-refractivity contribution in [1.29, 1.82) is 0 Å². The largest absolute Gasteiger partial charge is 0.438 e. The van der Waals surface area contributed by atoms with Gasteiger partial charge in [-0.05, 0) is 24.7 Å². The molecule has 1 aromatic heterocycles. The lowest BCUT2D eigenvalue weighted by atomic mass is 9.89. The van der Waals surface area contributed by atoms with E-state index in [0.717, 1.165) is 6.42 Å². The van der Waals surface area contributed by atoms with E-state index in [1.165, 1.54) is 19.3 Å². The number of nitrogens with one attached hydrogen (secondary N) is 1. The summed E-state index contributed by atoms with van der Waals surface area (Å²) in [5.41, 5.74) is 6.14. The molecule has 1 unspecified atom stereocenters. The van der Waals surface area contributed by atoms with Crippen molar-refractivity contribution in [2.75, 3.05) is 6.54 Å². The molecule has 0 aliphatic heterocycles. The average Bonchev–Trinajstić information content (AvgIpc) is 2.90. The normalized spacial score (nSPS) is 20.1. The number of H-pyrrole nitrogens is 1. The van der Waals surface area contributed by atoms with Crippen LogP contribution < -0.4 is 11.5 Å². The first kappa shape index (κ1) is 10.4. The summed E-state index contributed by atoms with van der Waals surface area (Å²) in [5.74, 6) is 0.228. The van der Waals surface area contributed by atoms with Crippen LogP contribution in [0.2, 0.25) is 0 Å². The number of nitrogens with two attached hydrogens (primary N) is 1. The number of nitrogens with zero attached hydrogens (tertiary/aromatic N) is 1.